The molecule has 1 amide bonds. The number of aromatic amines is 1. The fourth-order valence-electron chi connectivity index (χ4n) is 2.46. The molecule has 1 aromatic heterocycles. The van der Waals surface area contributed by atoms with Gasteiger partial charge >= 0.3 is 6.18 Å². The summed E-state index contributed by atoms with van der Waals surface area (Å²) in [7, 11) is -4.30. The van der Waals surface area contributed by atoms with Gasteiger partial charge in [-0.25, -0.2) is 18.1 Å². The Balaban J connectivity index is 1.61. The van der Waals surface area contributed by atoms with Crippen LogP contribution in [0.25, 0.3) is 11.4 Å². The minimum Gasteiger partial charge on any atom is -0.325 e. The lowest BCUT2D eigenvalue weighted by atomic mass is 10.2. The predicted octanol–water partition coefficient (Wildman–Crippen LogP) is 2.72. The number of nitrogens with one attached hydrogen (secondary N) is 3. The van der Waals surface area contributed by atoms with Crippen LogP contribution in [0.4, 0.5) is 18.9 Å². The summed E-state index contributed by atoms with van der Waals surface area (Å²) in [5.41, 5.74) is 0.00776. The molecule has 12 heteroatoms. The molecule has 0 spiro atoms. The van der Waals surface area contributed by atoms with Crippen molar-refractivity contribution in [3.8, 4) is 11.4 Å². The van der Waals surface area contributed by atoms with E-state index in [0.29, 0.717) is 29.0 Å². The molecule has 0 aliphatic rings. The van der Waals surface area contributed by atoms with Crippen molar-refractivity contribution in [3.63, 3.8) is 0 Å². The Bertz CT molecular complexity index is 1160. The summed E-state index contributed by atoms with van der Waals surface area (Å²) in [4.78, 5) is 15.6. The van der Waals surface area contributed by atoms with Gasteiger partial charge in [0.1, 0.15) is 5.82 Å². The number of aryl methyl sites for hydroxylation is 1. The number of nitrogens with zero attached hydrogens (tertiary/aromatic N) is 2. The van der Waals surface area contributed by atoms with Crippen LogP contribution in [0.1, 0.15) is 11.4 Å². The number of carbonyl (C=O) groups is 1. The van der Waals surface area contributed by atoms with Gasteiger partial charge in [0.15, 0.2) is 5.82 Å². The summed E-state index contributed by atoms with van der Waals surface area (Å²) in [5, 5.41) is 9.22. The predicted molar refractivity (Wildman–Crippen MR) is 102 cm³/mol. The Hall–Kier alpha value is -3.25. The second-order valence-electron chi connectivity index (χ2n) is 6.22. The highest BCUT2D eigenvalue weighted by molar-refractivity contribution is 7.89. The largest absolute Gasteiger partial charge is 0.416 e. The number of carbonyl (C=O) groups excluding carboxylic acids is 1. The van der Waals surface area contributed by atoms with Gasteiger partial charge in [-0.2, -0.15) is 18.3 Å². The zero-order valence-corrected chi connectivity index (χ0v) is 16.3. The molecule has 0 aliphatic heterocycles. The van der Waals surface area contributed by atoms with Gasteiger partial charge in [-0.3, -0.25) is 9.89 Å². The quantitative estimate of drug-likeness (QED) is 0.546. The lowest BCUT2D eigenvalue weighted by Crippen LogP contribution is -2.33. The molecular formula is C18H16F3N5O3S. The van der Waals surface area contributed by atoms with E-state index in [1.165, 1.54) is 0 Å². The van der Waals surface area contributed by atoms with Gasteiger partial charge < -0.3 is 5.32 Å². The SMILES string of the molecule is Cc1nc(-c2ccc(NC(=O)CNS(=O)(=O)c3cccc(C(F)(F)F)c3)cc2)n[nH]1. The summed E-state index contributed by atoms with van der Waals surface area (Å²) in [6.45, 7) is 1.10. The third-order valence-electron chi connectivity index (χ3n) is 3.92. The van der Waals surface area contributed by atoms with Gasteiger partial charge in [-0.1, -0.05) is 6.07 Å². The number of halogens is 3. The number of alkyl halides is 3. The topological polar surface area (TPSA) is 117 Å². The van der Waals surface area contributed by atoms with E-state index in [1.54, 1.807) is 31.2 Å². The van der Waals surface area contributed by atoms with Crippen molar-refractivity contribution < 1.29 is 26.4 Å². The summed E-state index contributed by atoms with van der Waals surface area (Å²) < 4.78 is 64.7. The molecule has 0 bridgehead atoms. The summed E-state index contributed by atoms with van der Waals surface area (Å²) in [6, 6.07) is 9.77. The highest BCUT2D eigenvalue weighted by Crippen LogP contribution is 2.30. The maximum atomic E-state index is 12.8. The van der Waals surface area contributed by atoms with Gasteiger partial charge in [0.2, 0.25) is 15.9 Å². The van der Waals surface area contributed by atoms with Crippen LogP contribution >= 0.6 is 0 Å². The molecule has 0 fully saturated rings. The van der Waals surface area contributed by atoms with Crippen LogP contribution in [0.3, 0.4) is 0 Å². The van der Waals surface area contributed by atoms with E-state index in [1.807, 2.05) is 4.72 Å². The average molecular weight is 439 g/mol. The third kappa shape index (κ3) is 5.21. The molecule has 0 aliphatic carbocycles. The van der Waals surface area contributed by atoms with Crippen molar-refractivity contribution in [3.05, 3.63) is 59.9 Å². The van der Waals surface area contributed by atoms with Crippen LogP contribution in [0.2, 0.25) is 0 Å². The van der Waals surface area contributed by atoms with E-state index in [0.717, 1.165) is 18.2 Å². The molecule has 3 rings (SSSR count). The maximum absolute atomic E-state index is 12.8. The van der Waals surface area contributed by atoms with Gasteiger partial charge in [-0.15, -0.1) is 0 Å². The standard InChI is InChI=1S/C18H16F3N5O3S/c1-11-23-17(26-25-11)12-5-7-14(8-6-12)24-16(27)10-22-30(28,29)15-4-2-3-13(9-15)18(19,20)21/h2-9,22H,10H2,1H3,(H,24,27)(H,23,25,26). The van der Waals surface area contributed by atoms with E-state index in [4.69, 9.17) is 0 Å². The summed E-state index contributed by atoms with van der Waals surface area (Å²) in [5.74, 6) is 0.446. The number of aromatic nitrogens is 3. The second-order valence-corrected chi connectivity index (χ2v) is 7.99. The fourth-order valence-corrected chi connectivity index (χ4v) is 3.49. The van der Waals surface area contributed by atoms with Gasteiger partial charge in [0.25, 0.3) is 0 Å². The fraction of sp³-hybridized carbons (Fsp3) is 0.167. The normalized spacial score (nSPS) is 12.0. The number of hydrogen-bond acceptors (Lipinski definition) is 5. The molecule has 1 heterocycles. The molecule has 0 saturated heterocycles. The monoisotopic (exact) mass is 439 g/mol. The first-order chi connectivity index (χ1) is 14.0. The Morgan fingerprint density at radius 3 is 2.43 bits per heavy atom. The van der Waals surface area contributed by atoms with E-state index >= 15 is 0 Å². The number of H-pyrrole nitrogens is 1. The Kier molecular flexibility index (Phi) is 5.89. The molecule has 30 heavy (non-hydrogen) atoms. The van der Waals surface area contributed by atoms with Crippen LogP contribution in [0, 0.1) is 6.92 Å². The lowest BCUT2D eigenvalue weighted by molar-refractivity contribution is -0.137. The van der Waals surface area contributed by atoms with Crippen LogP contribution < -0.4 is 10.0 Å². The van der Waals surface area contributed by atoms with Crippen LogP contribution in [0.15, 0.2) is 53.4 Å². The minimum atomic E-state index is -4.68. The van der Waals surface area contributed by atoms with Crippen molar-refractivity contribution in [2.75, 3.05) is 11.9 Å². The molecule has 3 N–H and O–H groups in total. The number of amides is 1. The second kappa shape index (κ2) is 8.24. The van der Waals surface area contributed by atoms with Crippen molar-refractivity contribution in [2.45, 2.75) is 18.0 Å². The Labute approximate surface area is 169 Å². The Morgan fingerprint density at radius 2 is 1.83 bits per heavy atom. The zero-order chi connectivity index (χ0) is 21.9. The van der Waals surface area contributed by atoms with Gasteiger partial charge in [-0.05, 0) is 49.4 Å². The van der Waals surface area contributed by atoms with E-state index in [9.17, 15) is 26.4 Å². The average Bonchev–Trinajstić information content (AvgIpc) is 3.13. The molecule has 2 aromatic carbocycles. The molecule has 8 nitrogen and oxygen atoms in total. The minimum absolute atomic E-state index is 0.397. The first-order valence-electron chi connectivity index (χ1n) is 8.51. The molecule has 0 atom stereocenters. The first kappa shape index (κ1) is 21.5. The third-order valence-corrected chi connectivity index (χ3v) is 5.32. The van der Waals surface area contributed by atoms with Crippen LogP contribution in [-0.4, -0.2) is 36.1 Å². The number of hydrogen-bond donors (Lipinski definition) is 3. The maximum Gasteiger partial charge on any atom is 0.416 e. The van der Waals surface area contributed by atoms with Crippen LogP contribution in [-0.2, 0) is 21.0 Å². The number of benzene rings is 2. The smallest absolute Gasteiger partial charge is 0.325 e. The molecule has 158 valence electrons. The zero-order valence-electron chi connectivity index (χ0n) is 15.5. The van der Waals surface area contributed by atoms with Gasteiger partial charge in [0, 0.05) is 11.3 Å². The Morgan fingerprint density at radius 1 is 1.13 bits per heavy atom. The molecule has 0 radical (unpaired) electrons. The summed E-state index contributed by atoms with van der Waals surface area (Å²) >= 11 is 0. The number of anilines is 1. The van der Waals surface area contributed by atoms with Crippen molar-refractivity contribution in [1.82, 2.24) is 19.9 Å². The van der Waals surface area contributed by atoms with Crippen molar-refractivity contribution >= 4 is 21.6 Å². The highest BCUT2D eigenvalue weighted by atomic mass is 32.2. The molecule has 0 saturated carbocycles. The van der Waals surface area contributed by atoms with Crippen molar-refractivity contribution in [2.24, 2.45) is 0 Å². The van der Waals surface area contributed by atoms with E-state index in [2.05, 4.69) is 20.5 Å². The van der Waals surface area contributed by atoms with Crippen LogP contribution in [0.5, 0.6) is 0 Å². The van der Waals surface area contributed by atoms with E-state index in [-0.39, 0.29) is 0 Å². The molecular weight excluding hydrogens is 423 g/mol. The number of rotatable bonds is 6. The van der Waals surface area contributed by atoms with Crippen molar-refractivity contribution in [1.29, 1.82) is 0 Å². The molecule has 0 unspecified atom stereocenters. The molecule has 3 aromatic rings. The van der Waals surface area contributed by atoms with Gasteiger partial charge in [0.05, 0.1) is 17.0 Å². The first-order valence-corrected chi connectivity index (χ1v) is 9.99. The highest BCUT2D eigenvalue weighted by Gasteiger charge is 2.31. The number of sulfonamides is 1. The lowest BCUT2D eigenvalue weighted by Gasteiger charge is -2.10. The summed E-state index contributed by atoms with van der Waals surface area (Å²) in [6.07, 6.45) is -4.68. The van der Waals surface area contributed by atoms with E-state index < -0.39 is 39.1 Å².